The lowest BCUT2D eigenvalue weighted by molar-refractivity contribution is 0.181. The molecule has 0 radical (unpaired) electrons. The van der Waals surface area contributed by atoms with Crippen molar-refractivity contribution in [3.63, 3.8) is 0 Å². The summed E-state index contributed by atoms with van der Waals surface area (Å²) in [5, 5.41) is 12.6. The largest absolute Gasteiger partial charge is 0.466 e. The van der Waals surface area contributed by atoms with Gasteiger partial charge in [-0.2, -0.15) is 0 Å². The highest BCUT2D eigenvalue weighted by Crippen LogP contribution is 2.20. The van der Waals surface area contributed by atoms with Gasteiger partial charge >= 0.3 is 0 Å². The molecule has 3 heteroatoms. The van der Waals surface area contributed by atoms with Gasteiger partial charge in [0.05, 0.1) is 6.10 Å². The number of hydrogen-bond acceptors (Lipinski definition) is 3. The van der Waals surface area contributed by atoms with E-state index in [1.165, 1.54) is 5.56 Å². The van der Waals surface area contributed by atoms with E-state index in [-0.39, 0.29) is 6.10 Å². The van der Waals surface area contributed by atoms with Gasteiger partial charge in [-0.1, -0.05) is 0 Å². The van der Waals surface area contributed by atoms with Gasteiger partial charge in [-0.25, -0.2) is 0 Å². The lowest BCUT2D eigenvalue weighted by Gasteiger charge is -2.13. The summed E-state index contributed by atoms with van der Waals surface area (Å²) in [6.45, 7) is 8.86. The average molecular weight is 225 g/mol. The number of nitrogens with one attached hydrogen (secondary N) is 1. The van der Waals surface area contributed by atoms with Crippen molar-refractivity contribution in [1.82, 2.24) is 5.32 Å². The molecule has 0 saturated carbocycles. The summed E-state index contributed by atoms with van der Waals surface area (Å²) < 4.78 is 5.50. The highest BCUT2D eigenvalue weighted by Gasteiger charge is 2.11. The van der Waals surface area contributed by atoms with Gasteiger partial charge in [-0.3, -0.25) is 0 Å². The second kappa shape index (κ2) is 6.06. The third kappa shape index (κ3) is 3.99. The van der Waals surface area contributed by atoms with E-state index in [9.17, 15) is 0 Å². The smallest absolute Gasteiger partial charge is 0.105 e. The van der Waals surface area contributed by atoms with Crippen molar-refractivity contribution in [2.24, 2.45) is 0 Å². The van der Waals surface area contributed by atoms with E-state index in [0.29, 0.717) is 6.04 Å². The molecule has 2 unspecified atom stereocenters. The first-order valence-corrected chi connectivity index (χ1v) is 5.99. The zero-order valence-electron chi connectivity index (χ0n) is 10.7. The van der Waals surface area contributed by atoms with E-state index in [2.05, 4.69) is 18.3 Å². The number of furan rings is 1. The summed E-state index contributed by atoms with van der Waals surface area (Å²) in [5.74, 6) is 1.96. The molecule has 92 valence electrons. The third-order valence-corrected chi connectivity index (χ3v) is 2.80. The standard InChI is InChI=1S/C13H23NO2/c1-9(15)6-5-7-14-11(3)13-8-10(2)16-12(13)4/h8-9,11,14-15H,5-7H2,1-4H3. The molecule has 1 heterocycles. The normalized spacial score (nSPS) is 15.1. The summed E-state index contributed by atoms with van der Waals surface area (Å²) in [6, 6.07) is 2.40. The first-order chi connectivity index (χ1) is 7.50. The van der Waals surface area contributed by atoms with Gasteiger partial charge < -0.3 is 14.8 Å². The van der Waals surface area contributed by atoms with Gasteiger partial charge in [0.15, 0.2) is 0 Å². The van der Waals surface area contributed by atoms with Crippen molar-refractivity contribution in [3.05, 3.63) is 23.2 Å². The molecule has 0 spiro atoms. The van der Waals surface area contributed by atoms with E-state index < -0.39 is 0 Å². The van der Waals surface area contributed by atoms with Crippen LogP contribution >= 0.6 is 0 Å². The van der Waals surface area contributed by atoms with E-state index >= 15 is 0 Å². The quantitative estimate of drug-likeness (QED) is 0.732. The Bertz CT molecular complexity index is 318. The second-order valence-corrected chi connectivity index (χ2v) is 4.54. The van der Waals surface area contributed by atoms with Crippen LogP contribution in [0.25, 0.3) is 0 Å². The molecule has 1 aromatic rings. The van der Waals surface area contributed by atoms with Gasteiger partial charge in [-0.05, 0) is 53.1 Å². The van der Waals surface area contributed by atoms with E-state index in [0.717, 1.165) is 30.9 Å². The monoisotopic (exact) mass is 225 g/mol. The minimum atomic E-state index is -0.199. The first-order valence-electron chi connectivity index (χ1n) is 5.99. The molecule has 0 aliphatic heterocycles. The van der Waals surface area contributed by atoms with Crippen molar-refractivity contribution >= 4 is 0 Å². The maximum absolute atomic E-state index is 9.14. The van der Waals surface area contributed by atoms with Gasteiger partial charge in [0.2, 0.25) is 0 Å². The summed E-state index contributed by atoms with van der Waals surface area (Å²) in [6.07, 6.45) is 1.65. The van der Waals surface area contributed by atoms with Crippen LogP contribution in [-0.4, -0.2) is 17.8 Å². The molecule has 0 aliphatic rings. The number of aliphatic hydroxyl groups excluding tert-OH is 1. The van der Waals surface area contributed by atoms with Crippen LogP contribution < -0.4 is 5.32 Å². The molecule has 1 rings (SSSR count). The zero-order chi connectivity index (χ0) is 12.1. The van der Waals surface area contributed by atoms with Gasteiger partial charge in [0.25, 0.3) is 0 Å². The fourth-order valence-corrected chi connectivity index (χ4v) is 1.91. The Hall–Kier alpha value is -0.800. The van der Waals surface area contributed by atoms with Crippen LogP contribution in [0.3, 0.4) is 0 Å². The van der Waals surface area contributed by atoms with Crippen molar-refractivity contribution in [2.75, 3.05) is 6.54 Å². The van der Waals surface area contributed by atoms with Crippen molar-refractivity contribution in [2.45, 2.75) is 52.7 Å². The molecule has 2 atom stereocenters. The molecule has 0 aromatic carbocycles. The average Bonchev–Trinajstić information content (AvgIpc) is 2.52. The first kappa shape index (κ1) is 13.3. The number of rotatable bonds is 6. The fourth-order valence-electron chi connectivity index (χ4n) is 1.91. The zero-order valence-corrected chi connectivity index (χ0v) is 10.7. The number of aliphatic hydroxyl groups is 1. The molecule has 1 aromatic heterocycles. The molecule has 0 aliphatic carbocycles. The van der Waals surface area contributed by atoms with Crippen molar-refractivity contribution < 1.29 is 9.52 Å². The van der Waals surface area contributed by atoms with Gasteiger partial charge in [0.1, 0.15) is 11.5 Å². The Morgan fingerprint density at radius 3 is 2.56 bits per heavy atom. The van der Waals surface area contributed by atoms with Crippen LogP contribution in [0.15, 0.2) is 10.5 Å². The lowest BCUT2D eigenvalue weighted by Crippen LogP contribution is -2.20. The molecule has 0 fully saturated rings. The van der Waals surface area contributed by atoms with E-state index in [4.69, 9.17) is 9.52 Å². The molecule has 2 N–H and O–H groups in total. The topological polar surface area (TPSA) is 45.4 Å². The van der Waals surface area contributed by atoms with Crippen LogP contribution in [0.2, 0.25) is 0 Å². The SMILES string of the molecule is Cc1cc(C(C)NCCCC(C)O)c(C)o1. The summed E-state index contributed by atoms with van der Waals surface area (Å²) in [5.41, 5.74) is 1.23. The summed E-state index contributed by atoms with van der Waals surface area (Å²) in [4.78, 5) is 0. The highest BCUT2D eigenvalue weighted by atomic mass is 16.3. The van der Waals surface area contributed by atoms with E-state index in [1.54, 1.807) is 0 Å². The maximum atomic E-state index is 9.14. The fraction of sp³-hybridized carbons (Fsp3) is 0.692. The Balaban J connectivity index is 2.35. The lowest BCUT2D eigenvalue weighted by atomic mass is 10.1. The minimum absolute atomic E-state index is 0.199. The van der Waals surface area contributed by atoms with Crippen LogP contribution in [-0.2, 0) is 0 Å². The molecule has 3 nitrogen and oxygen atoms in total. The molecule has 0 saturated heterocycles. The van der Waals surface area contributed by atoms with Crippen molar-refractivity contribution in [1.29, 1.82) is 0 Å². The van der Waals surface area contributed by atoms with Gasteiger partial charge in [0, 0.05) is 11.6 Å². The minimum Gasteiger partial charge on any atom is -0.466 e. The van der Waals surface area contributed by atoms with Crippen LogP contribution in [0.4, 0.5) is 0 Å². The molecule has 16 heavy (non-hydrogen) atoms. The third-order valence-electron chi connectivity index (χ3n) is 2.80. The number of hydrogen-bond donors (Lipinski definition) is 2. The predicted molar refractivity (Wildman–Crippen MR) is 65.5 cm³/mol. The van der Waals surface area contributed by atoms with Crippen LogP contribution in [0.1, 0.15) is 49.8 Å². The Morgan fingerprint density at radius 2 is 2.06 bits per heavy atom. The Labute approximate surface area is 97.9 Å². The van der Waals surface area contributed by atoms with Gasteiger partial charge in [-0.15, -0.1) is 0 Å². The predicted octanol–water partition coefficient (Wildman–Crippen LogP) is 2.71. The summed E-state index contributed by atoms with van der Waals surface area (Å²) >= 11 is 0. The van der Waals surface area contributed by atoms with Crippen LogP contribution in [0, 0.1) is 13.8 Å². The molecular weight excluding hydrogens is 202 g/mol. The summed E-state index contributed by atoms with van der Waals surface area (Å²) in [7, 11) is 0. The van der Waals surface area contributed by atoms with E-state index in [1.807, 2.05) is 20.8 Å². The second-order valence-electron chi connectivity index (χ2n) is 4.54. The highest BCUT2D eigenvalue weighted by molar-refractivity contribution is 5.23. The Kier molecular flexibility index (Phi) is 5.03. The Morgan fingerprint density at radius 1 is 1.38 bits per heavy atom. The molecule has 0 bridgehead atoms. The molecular formula is C13H23NO2. The van der Waals surface area contributed by atoms with Crippen LogP contribution in [0.5, 0.6) is 0 Å². The maximum Gasteiger partial charge on any atom is 0.105 e. The molecule has 0 amide bonds. The number of aryl methyl sites for hydroxylation is 2. The van der Waals surface area contributed by atoms with Crippen molar-refractivity contribution in [3.8, 4) is 0 Å².